The number of hydrogen-bond acceptors (Lipinski definition) is 3. The summed E-state index contributed by atoms with van der Waals surface area (Å²) in [5, 5.41) is 9.17. The molecule has 1 atom stereocenters. The third kappa shape index (κ3) is 3.68. The number of nitrogens with zero attached hydrogens (tertiary/aromatic N) is 2. The fraction of sp³-hybridized carbons (Fsp3) is 0.923. The van der Waals surface area contributed by atoms with Gasteiger partial charge in [-0.15, -0.1) is 0 Å². The maximum Gasteiger partial charge on any atom is 0.236 e. The van der Waals surface area contributed by atoms with Gasteiger partial charge in [0.15, 0.2) is 0 Å². The molecule has 0 aromatic carbocycles. The summed E-state index contributed by atoms with van der Waals surface area (Å²) in [6, 6.07) is 0. The van der Waals surface area contributed by atoms with Crippen LogP contribution in [0.15, 0.2) is 0 Å². The molecule has 0 radical (unpaired) electrons. The van der Waals surface area contributed by atoms with E-state index in [2.05, 4.69) is 4.90 Å². The van der Waals surface area contributed by atoms with Crippen molar-refractivity contribution in [1.29, 1.82) is 0 Å². The average molecular weight is 240 g/mol. The molecule has 0 aromatic rings. The quantitative estimate of drug-likeness (QED) is 0.790. The van der Waals surface area contributed by atoms with E-state index in [0.717, 1.165) is 51.9 Å². The van der Waals surface area contributed by atoms with Gasteiger partial charge in [0, 0.05) is 26.2 Å². The number of aliphatic hydroxyl groups is 1. The van der Waals surface area contributed by atoms with Crippen LogP contribution in [0.2, 0.25) is 0 Å². The fourth-order valence-electron chi connectivity index (χ4n) is 2.88. The smallest absolute Gasteiger partial charge is 0.236 e. The third-order valence-corrected chi connectivity index (χ3v) is 3.93. The Labute approximate surface area is 104 Å². The van der Waals surface area contributed by atoms with Crippen LogP contribution >= 0.6 is 0 Å². The standard InChI is InChI=1S/C13H24N2O2/c16-11-12-5-4-6-14(9-12)10-13(17)15-7-2-1-3-8-15/h12,16H,1-11H2. The molecule has 1 amide bonds. The molecule has 0 saturated carbocycles. The van der Waals surface area contributed by atoms with E-state index in [1.807, 2.05) is 4.90 Å². The monoisotopic (exact) mass is 240 g/mol. The summed E-state index contributed by atoms with van der Waals surface area (Å²) in [5.41, 5.74) is 0. The molecule has 2 aliphatic heterocycles. The number of carbonyl (C=O) groups is 1. The van der Waals surface area contributed by atoms with Crippen molar-refractivity contribution in [1.82, 2.24) is 9.80 Å². The van der Waals surface area contributed by atoms with E-state index < -0.39 is 0 Å². The summed E-state index contributed by atoms with van der Waals surface area (Å²) in [6.07, 6.45) is 5.79. The molecule has 0 aromatic heterocycles. The normalized spacial score (nSPS) is 27.1. The number of likely N-dealkylation sites (tertiary alicyclic amines) is 2. The minimum absolute atomic E-state index is 0.258. The lowest BCUT2D eigenvalue weighted by Gasteiger charge is -2.34. The molecule has 2 rings (SSSR count). The number of aliphatic hydroxyl groups excluding tert-OH is 1. The van der Waals surface area contributed by atoms with Crippen LogP contribution in [0.25, 0.3) is 0 Å². The minimum Gasteiger partial charge on any atom is -0.396 e. The predicted octanol–water partition coefficient (Wildman–Crippen LogP) is 0.703. The van der Waals surface area contributed by atoms with Crippen LogP contribution in [-0.4, -0.2) is 60.1 Å². The van der Waals surface area contributed by atoms with Crippen molar-refractivity contribution in [3.63, 3.8) is 0 Å². The first-order valence-electron chi connectivity index (χ1n) is 6.90. The Morgan fingerprint density at radius 2 is 1.88 bits per heavy atom. The van der Waals surface area contributed by atoms with Gasteiger partial charge in [-0.05, 0) is 44.6 Å². The molecule has 4 nitrogen and oxygen atoms in total. The van der Waals surface area contributed by atoms with E-state index in [0.29, 0.717) is 12.5 Å². The number of hydrogen-bond donors (Lipinski definition) is 1. The zero-order chi connectivity index (χ0) is 12.1. The van der Waals surface area contributed by atoms with Gasteiger partial charge >= 0.3 is 0 Å². The molecule has 2 heterocycles. The Bertz CT molecular complexity index is 252. The Morgan fingerprint density at radius 3 is 2.59 bits per heavy atom. The number of amides is 1. The SMILES string of the molecule is O=C(CN1CCCC(CO)C1)N1CCCCC1. The van der Waals surface area contributed by atoms with E-state index >= 15 is 0 Å². The Morgan fingerprint density at radius 1 is 1.12 bits per heavy atom. The van der Waals surface area contributed by atoms with Gasteiger partial charge in [-0.3, -0.25) is 9.69 Å². The second-order valence-corrected chi connectivity index (χ2v) is 5.37. The van der Waals surface area contributed by atoms with Gasteiger partial charge in [-0.2, -0.15) is 0 Å². The highest BCUT2D eigenvalue weighted by Crippen LogP contribution is 2.16. The van der Waals surface area contributed by atoms with Crippen molar-refractivity contribution in [2.75, 3.05) is 39.3 Å². The Kier molecular flexibility index (Phi) is 4.80. The first kappa shape index (κ1) is 12.8. The van der Waals surface area contributed by atoms with Crippen molar-refractivity contribution >= 4 is 5.91 Å². The van der Waals surface area contributed by atoms with Crippen molar-refractivity contribution in [3.8, 4) is 0 Å². The summed E-state index contributed by atoms with van der Waals surface area (Å²) in [7, 11) is 0. The molecule has 17 heavy (non-hydrogen) atoms. The summed E-state index contributed by atoms with van der Waals surface area (Å²) < 4.78 is 0. The molecule has 0 bridgehead atoms. The highest BCUT2D eigenvalue weighted by atomic mass is 16.3. The lowest BCUT2D eigenvalue weighted by atomic mass is 9.99. The van der Waals surface area contributed by atoms with Crippen molar-refractivity contribution in [2.45, 2.75) is 32.1 Å². The molecule has 4 heteroatoms. The lowest BCUT2D eigenvalue weighted by Crippen LogP contribution is -2.46. The van der Waals surface area contributed by atoms with Gasteiger partial charge in [-0.1, -0.05) is 0 Å². The molecule has 0 aliphatic carbocycles. The predicted molar refractivity (Wildman–Crippen MR) is 66.7 cm³/mol. The molecule has 2 fully saturated rings. The molecule has 98 valence electrons. The molecule has 1 unspecified atom stereocenters. The van der Waals surface area contributed by atoms with E-state index in [9.17, 15) is 4.79 Å². The maximum absolute atomic E-state index is 12.1. The van der Waals surface area contributed by atoms with Crippen LogP contribution in [-0.2, 0) is 4.79 Å². The van der Waals surface area contributed by atoms with E-state index in [4.69, 9.17) is 5.11 Å². The zero-order valence-electron chi connectivity index (χ0n) is 10.6. The van der Waals surface area contributed by atoms with Crippen LogP contribution in [0.3, 0.4) is 0 Å². The van der Waals surface area contributed by atoms with E-state index in [-0.39, 0.29) is 12.5 Å². The van der Waals surface area contributed by atoms with Crippen LogP contribution in [0.1, 0.15) is 32.1 Å². The van der Waals surface area contributed by atoms with Crippen molar-refractivity contribution in [2.24, 2.45) is 5.92 Å². The highest BCUT2D eigenvalue weighted by Gasteiger charge is 2.23. The van der Waals surface area contributed by atoms with Crippen LogP contribution in [0, 0.1) is 5.92 Å². The van der Waals surface area contributed by atoms with Gasteiger partial charge in [0.25, 0.3) is 0 Å². The number of rotatable bonds is 3. The van der Waals surface area contributed by atoms with Crippen molar-refractivity contribution < 1.29 is 9.90 Å². The maximum atomic E-state index is 12.1. The molecule has 0 spiro atoms. The first-order valence-corrected chi connectivity index (χ1v) is 6.90. The second-order valence-electron chi connectivity index (χ2n) is 5.37. The van der Waals surface area contributed by atoms with Gasteiger partial charge in [-0.25, -0.2) is 0 Å². The molecule has 1 N–H and O–H groups in total. The van der Waals surface area contributed by atoms with Crippen LogP contribution < -0.4 is 0 Å². The summed E-state index contributed by atoms with van der Waals surface area (Å²) in [5.74, 6) is 0.654. The lowest BCUT2D eigenvalue weighted by molar-refractivity contribution is -0.133. The van der Waals surface area contributed by atoms with Gasteiger partial charge < -0.3 is 10.0 Å². The van der Waals surface area contributed by atoms with E-state index in [1.165, 1.54) is 6.42 Å². The number of piperidine rings is 2. The fourth-order valence-corrected chi connectivity index (χ4v) is 2.88. The van der Waals surface area contributed by atoms with Gasteiger partial charge in [0.2, 0.25) is 5.91 Å². The summed E-state index contributed by atoms with van der Waals surface area (Å²) in [4.78, 5) is 16.3. The first-order chi connectivity index (χ1) is 8.29. The molecular formula is C13H24N2O2. The van der Waals surface area contributed by atoms with Crippen LogP contribution in [0.4, 0.5) is 0 Å². The van der Waals surface area contributed by atoms with Crippen molar-refractivity contribution in [3.05, 3.63) is 0 Å². The molecule has 2 aliphatic rings. The van der Waals surface area contributed by atoms with E-state index in [1.54, 1.807) is 0 Å². The molecular weight excluding hydrogens is 216 g/mol. The number of carbonyl (C=O) groups excluding carboxylic acids is 1. The van der Waals surface area contributed by atoms with Gasteiger partial charge in [0.05, 0.1) is 6.54 Å². The Hall–Kier alpha value is -0.610. The largest absolute Gasteiger partial charge is 0.396 e. The summed E-state index contributed by atoms with van der Waals surface area (Å²) in [6.45, 7) is 4.59. The minimum atomic E-state index is 0.258. The Balaban J connectivity index is 1.77. The van der Waals surface area contributed by atoms with Gasteiger partial charge in [0.1, 0.15) is 0 Å². The topological polar surface area (TPSA) is 43.8 Å². The molecule has 2 saturated heterocycles. The zero-order valence-corrected chi connectivity index (χ0v) is 10.6. The third-order valence-electron chi connectivity index (χ3n) is 3.93. The highest BCUT2D eigenvalue weighted by molar-refractivity contribution is 5.78. The second kappa shape index (κ2) is 6.36. The average Bonchev–Trinajstić information content (AvgIpc) is 2.40. The van der Waals surface area contributed by atoms with Crippen LogP contribution in [0.5, 0.6) is 0 Å². The summed E-state index contributed by atoms with van der Waals surface area (Å²) >= 11 is 0.